The lowest BCUT2D eigenvalue weighted by atomic mass is 10.0. The third-order valence-electron chi connectivity index (χ3n) is 3.33. The summed E-state index contributed by atoms with van der Waals surface area (Å²) >= 11 is 0. The zero-order valence-corrected chi connectivity index (χ0v) is 10.6. The van der Waals surface area contributed by atoms with E-state index in [0.29, 0.717) is 5.92 Å². The van der Waals surface area contributed by atoms with Crippen molar-refractivity contribution in [2.45, 2.75) is 26.2 Å². The predicted octanol–water partition coefficient (Wildman–Crippen LogP) is 0.913. The normalized spacial score (nSPS) is 19.6. The largest absolute Gasteiger partial charge is 0.550 e. The molecule has 1 aliphatic rings. The van der Waals surface area contributed by atoms with E-state index in [9.17, 15) is 14.7 Å². The summed E-state index contributed by atoms with van der Waals surface area (Å²) in [6.45, 7) is 4.41. The number of aliphatic carboxylic acids is 1. The molecule has 0 saturated carbocycles. The highest BCUT2D eigenvalue weighted by molar-refractivity contribution is 5.98. The van der Waals surface area contributed by atoms with E-state index in [1.54, 1.807) is 0 Å². The molecule has 18 heavy (non-hydrogen) atoms. The van der Waals surface area contributed by atoms with Crippen molar-refractivity contribution in [3.8, 4) is 0 Å². The molecule has 1 amide bonds. The molecule has 4 nitrogen and oxygen atoms in total. The molecule has 1 aromatic carbocycles. The minimum absolute atomic E-state index is 0.0360. The third-order valence-corrected chi connectivity index (χ3v) is 3.33. The molecule has 1 heterocycles. The molecule has 1 aromatic rings. The lowest BCUT2D eigenvalue weighted by Gasteiger charge is -2.18. The Hall–Kier alpha value is -1.84. The highest BCUT2D eigenvalue weighted by Crippen LogP contribution is 2.26. The summed E-state index contributed by atoms with van der Waals surface area (Å²) in [5, 5.41) is 10.8. The molecule has 1 saturated heterocycles. The molecule has 0 aromatic heterocycles. The summed E-state index contributed by atoms with van der Waals surface area (Å²) in [5.41, 5.74) is 1.95. The van der Waals surface area contributed by atoms with Gasteiger partial charge in [-0.15, -0.1) is 0 Å². The van der Waals surface area contributed by atoms with Crippen LogP contribution in [0, 0.1) is 5.92 Å². The van der Waals surface area contributed by atoms with Crippen LogP contribution < -0.4 is 10.0 Å². The zero-order valence-electron chi connectivity index (χ0n) is 10.6. The van der Waals surface area contributed by atoms with Gasteiger partial charge in [0.25, 0.3) is 0 Å². The second kappa shape index (κ2) is 4.80. The maximum Gasteiger partial charge on any atom is 0.227 e. The lowest BCUT2D eigenvalue weighted by molar-refractivity contribution is -0.310. The zero-order chi connectivity index (χ0) is 13.3. The van der Waals surface area contributed by atoms with Crippen molar-refractivity contribution in [1.29, 1.82) is 0 Å². The quantitative estimate of drug-likeness (QED) is 0.796. The van der Waals surface area contributed by atoms with E-state index >= 15 is 0 Å². The third kappa shape index (κ3) is 2.37. The molecule has 0 unspecified atom stereocenters. The standard InChI is InChI=1S/C14H17NO3/c1-9(2)10-3-5-12(6-4-10)15-8-11(14(17)18)7-13(15)16/h3-6,9,11H,7-8H2,1-2H3,(H,17,18)/p-1/t11-/m0/s1. The number of nitrogens with zero attached hydrogens (tertiary/aromatic N) is 1. The van der Waals surface area contributed by atoms with Crippen molar-refractivity contribution in [3.63, 3.8) is 0 Å². The number of carbonyl (C=O) groups excluding carboxylic acids is 2. The van der Waals surface area contributed by atoms with Crippen molar-refractivity contribution < 1.29 is 14.7 Å². The summed E-state index contributed by atoms with van der Waals surface area (Å²) in [6, 6.07) is 7.68. The molecule has 1 fully saturated rings. The number of hydrogen-bond donors (Lipinski definition) is 0. The van der Waals surface area contributed by atoms with Gasteiger partial charge in [0.1, 0.15) is 0 Å². The van der Waals surface area contributed by atoms with Gasteiger partial charge in [-0.2, -0.15) is 0 Å². The number of benzene rings is 1. The van der Waals surface area contributed by atoms with Crippen LogP contribution in [0.15, 0.2) is 24.3 Å². The van der Waals surface area contributed by atoms with E-state index in [1.165, 1.54) is 10.5 Å². The molecule has 1 aliphatic heterocycles. The van der Waals surface area contributed by atoms with Crippen molar-refractivity contribution in [2.75, 3.05) is 11.4 Å². The Kier molecular flexibility index (Phi) is 3.36. The van der Waals surface area contributed by atoms with Gasteiger partial charge in [0.2, 0.25) is 5.91 Å². The molecule has 4 heteroatoms. The first-order chi connectivity index (χ1) is 8.49. The molecule has 0 N–H and O–H groups in total. The molecule has 0 radical (unpaired) electrons. The fourth-order valence-corrected chi connectivity index (χ4v) is 2.15. The van der Waals surface area contributed by atoms with E-state index in [-0.39, 0.29) is 18.9 Å². The Bertz CT molecular complexity index is 464. The number of carboxylic acid groups (broad SMARTS) is 1. The van der Waals surface area contributed by atoms with Gasteiger partial charge >= 0.3 is 0 Å². The molecule has 1 atom stereocenters. The van der Waals surface area contributed by atoms with Crippen LogP contribution in [0.4, 0.5) is 5.69 Å². The van der Waals surface area contributed by atoms with E-state index in [4.69, 9.17) is 0 Å². The van der Waals surface area contributed by atoms with Crippen molar-refractivity contribution in [3.05, 3.63) is 29.8 Å². The topological polar surface area (TPSA) is 60.4 Å². The number of anilines is 1. The Morgan fingerprint density at radius 3 is 2.39 bits per heavy atom. The molecule has 0 bridgehead atoms. The van der Waals surface area contributed by atoms with Crippen LogP contribution in [-0.4, -0.2) is 18.4 Å². The second-order valence-corrected chi connectivity index (χ2v) is 4.97. The molecule has 2 rings (SSSR count). The summed E-state index contributed by atoms with van der Waals surface area (Å²) < 4.78 is 0. The number of carboxylic acids is 1. The van der Waals surface area contributed by atoms with Crippen molar-refractivity contribution in [1.82, 2.24) is 0 Å². The molecule has 0 spiro atoms. The van der Waals surface area contributed by atoms with E-state index in [1.807, 2.05) is 24.3 Å². The Balaban J connectivity index is 2.17. The van der Waals surface area contributed by atoms with Crippen LogP contribution in [0.25, 0.3) is 0 Å². The predicted molar refractivity (Wildman–Crippen MR) is 66.0 cm³/mol. The lowest BCUT2D eigenvalue weighted by Crippen LogP contribution is -2.33. The highest BCUT2D eigenvalue weighted by atomic mass is 16.4. The van der Waals surface area contributed by atoms with Gasteiger partial charge in [-0.1, -0.05) is 26.0 Å². The molecular formula is C14H16NO3-. The fourth-order valence-electron chi connectivity index (χ4n) is 2.15. The van der Waals surface area contributed by atoms with Crippen LogP contribution in [0.2, 0.25) is 0 Å². The fraction of sp³-hybridized carbons (Fsp3) is 0.429. The monoisotopic (exact) mass is 246 g/mol. The maximum atomic E-state index is 11.7. The van der Waals surface area contributed by atoms with Gasteiger partial charge in [0.05, 0.1) is 0 Å². The average molecular weight is 246 g/mol. The first-order valence-electron chi connectivity index (χ1n) is 6.10. The molecule has 96 valence electrons. The van der Waals surface area contributed by atoms with Crippen molar-refractivity contribution >= 4 is 17.6 Å². The summed E-state index contributed by atoms with van der Waals surface area (Å²) in [7, 11) is 0. The Morgan fingerprint density at radius 1 is 1.33 bits per heavy atom. The number of hydrogen-bond acceptors (Lipinski definition) is 3. The van der Waals surface area contributed by atoms with E-state index < -0.39 is 11.9 Å². The van der Waals surface area contributed by atoms with Crippen molar-refractivity contribution in [2.24, 2.45) is 5.92 Å². The van der Waals surface area contributed by atoms with Crippen LogP contribution in [0.3, 0.4) is 0 Å². The second-order valence-electron chi connectivity index (χ2n) is 4.97. The van der Waals surface area contributed by atoms with Crippen LogP contribution in [0.5, 0.6) is 0 Å². The number of amides is 1. The van der Waals surface area contributed by atoms with E-state index in [2.05, 4.69) is 13.8 Å². The average Bonchev–Trinajstić information content (AvgIpc) is 2.71. The highest BCUT2D eigenvalue weighted by Gasteiger charge is 2.31. The van der Waals surface area contributed by atoms with Crippen LogP contribution >= 0.6 is 0 Å². The first-order valence-corrected chi connectivity index (χ1v) is 6.10. The molecular weight excluding hydrogens is 230 g/mol. The SMILES string of the molecule is CC(C)c1ccc(N2C[C@@H](C(=O)[O-])CC2=O)cc1. The number of carbonyl (C=O) groups is 2. The smallest absolute Gasteiger partial charge is 0.227 e. The Labute approximate surface area is 106 Å². The molecule has 0 aliphatic carbocycles. The van der Waals surface area contributed by atoms with Gasteiger partial charge in [-0.05, 0) is 23.6 Å². The summed E-state index contributed by atoms with van der Waals surface area (Å²) in [4.78, 5) is 24.0. The maximum absolute atomic E-state index is 11.7. The first kappa shape index (κ1) is 12.6. The van der Waals surface area contributed by atoms with Gasteiger partial charge in [-0.25, -0.2) is 0 Å². The minimum Gasteiger partial charge on any atom is -0.550 e. The van der Waals surface area contributed by atoms with Gasteiger partial charge < -0.3 is 14.8 Å². The Morgan fingerprint density at radius 2 is 1.94 bits per heavy atom. The van der Waals surface area contributed by atoms with Gasteiger partial charge in [-0.3, -0.25) is 4.79 Å². The summed E-state index contributed by atoms with van der Waals surface area (Å²) in [6.07, 6.45) is 0.0360. The van der Waals surface area contributed by atoms with E-state index in [0.717, 1.165) is 5.69 Å². The van der Waals surface area contributed by atoms with Gasteiger partial charge in [0.15, 0.2) is 0 Å². The van der Waals surface area contributed by atoms with Gasteiger partial charge in [0, 0.05) is 30.5 Å². The summed E-state index contributed by atoms with van der Waals surface area (Å²) in [5.74, 6) is -1.56. The van der Waals surface area contributed by atoms with Crippen LogP contribution in [0.1, 0.15) is 31.7 Å². The minimum atomic E-state index is -1.15. The number of rotatable bonds is 3. The van der Waals surface area contributed by atoms with Crippen LogP contribution in [-0.2, 0) is 9.59 Å².